The summed E-state index contributed by atoms with van der Waals surface area (Å²) in [7, 11) is 0. The number of allylic oxidation sites excluding steroid dienone is 2. The van der Waals surface area contributed by atoms with E-state index in [2.05, 4.69) is 6.92 Å². The lowest BCUT2D eigenvalue weighted by Gasteiger charge is -2.14. The zero-order valence-electron chi connectivity index (χ0n) is 12.5. The van der Waals surface area contributed by atoms with E-state index in [0.29, 0.717) is 18.1 Å². The number of carbonyl (C=O) groups is 2. The predicted octanol–water partition coefficient (Wildman–Crippen LogP) is 4.19. The minimum Gasteiger partial charge on any atom is -0.299 e. The summed E-state index contributed by atoms with van der Waals surface area (Å²) in [6, 6.07) is 0. The van der Waals surface area contributed by atoms with Crippen molar-refractivity contribution >= 4 is 11.6 Å². The van der Waals surface area contributed by atoms with Crippen molar-refractivity contribution in [1.82, 2.24) is 0 Å². The van der Waals surface area contributed by atoms with Crippen LogP contribution >= 0.6 is 0 Å². The second kappa shape index (κ2) is 9.07. The van der Waals surface area contributed by atoms with Crippen molar-refractivity contribution < 1.29 is 9.59 Å². The van der Waals surface area contributed by atoms with Crippen LogP contribution < -0.4 is 0 Å². The molecule has 18 heavy (non-hydrogen) atoms. The van der Waals surface area contributed by atoms with Gasteiger partial charge in [0.05, 0.1) is 0 Å². The van der Waals surface area contributed by atoms with E-state index in [9.17, 15) is 9.59 Å². The Morgan fingerprint density at radius 2 is 1.67 bits per heavy atom. The molecule has 2 heteroatoms. The molecule has 0 aliphatic heterocycles. The molecule has 1 atom stereocenters. The summed E-state index contributed by atoms with van der Waals surface area (Å²) in [5.41, 5.74) is 0. The fourth-order valence-corrected chi connectivity index (χ4v) is 1.80. The Morgan fingerprint density at radius 1 is 1.06 bits per heavy atom. The summed E-state index contributed by atoms with van der Waals surface area (Å²) in [6.07, 6.45) is 7.24. The fourth-order valence-electron chi connectivity index (χ4n) is 1.80. The monoisotopic (exact) mass is 252 g/mol. The van der Waals surface area contributed by atoms with E-state index >= 15 is 0 Å². The molecule has 0 bridgehead atoms. The maximum absolute atomic E-state index is 11.7. The van der Waals surface area contributed by atoms with Gasteiger partial charge in [-0.05, 0) is 24.8 Å². The molecule has 0 rings (SSSR count). The Hall–Kier alpha value is -0.920. The topological polar surface area (TPSA) is 34.1 Å². The first-order valence-electron chi connectivity index (χ1n) is 7.11. The average Bonchev–Trinajstić information content (AvgIpc) is 2.28. The van der Waals surface area contributed by atoms with E-state index in [-0.39, 0.29) is 17.6 Å². The third-order valence-electron chi connectivity index (χ3n) is 3.15. The Labute approximate surface area is 112 Å². The molecular formula is C16H28O2. The summed E-state index contributed by atoms with van der Waals surface area (Å²) in [4.78, 5) is 23.2. The van der Waals surface area contributed by atoms with E-state index in [0.717, 1.165) is 19.3 Å². The zero-order valence-corrected chi connectivity index (χ0v) is 12.5. The number of hydrogen-bond acceptors (Lipinski definition) is 2. The number of ketones is 2. The molecular weight excluding hydrogens is 224 g/mol. The molecule has 0 aromatic rings. The lowest BCUT2D eigenvalue weighted by Crippen LogP contribution is -2.13. The van der Waals surface area contributed by atoms with Crippen LogP contribution in [-0.2, 0) is 9.59 Å². The molecule has 0 aromatic heterocycles. The van der Waals surface area contributed by atoms with Crippen LogP contribution in [0.15, 0.2) is 12.2 Å². The van der Waals surface area contributed by atoms with Gasteiger partial charge in [-0.3, -0.25) is 9.59 Å². The zero-order chi connectivity index (χ0) is 14.1. The summed E-state index contributed by atoms with van der Waals surface area (Å²) in [5, 5.41) is 0. The molecule has 2 nitrogen and oxygen atoms in total. The van der Waals surface area contributed by atoms with Crippen LogP contribution in [0, 0.1) is 17.8 Å². The number of carbonyl (C=O) groups excluding carboxylic acids is 2. The van der Waals surface area contributed by atoms with Crippen molar-refractivity contribution in [2.75, 3.05) is 0 Å². The largest absolute Gasteiger partial charge is 0.299 e. The van der Waals surface area contributed by atoms with Gasteiger partial charge in [0.1, 0.15) is 5.78 Å². The highest BCUT2D eigenvalue weighted by molar-refractivity contribution is 5.91. The van der Waals surface area contributed by atoms with Gasteiger partial charge in [0.2, 0.25) is 0 Å². The molecule has 104 valence electrons. The smallest absolute Gasteiger partial charge is 0.157 e. The molecule has 0 aliphatic rings. The molecule has 0 heterocycles. The van der Waals surface area contributed by atoms with Gasteiger partial charge in [0.15, 0.2) is 5.78 Å². The van der Waals surface area contributed by atoms with Crippen LogP contribution in [-0.4, -0.2) is 11.6 Å². The highest BCUT2D eigenvalue weighted by Crippen LogP contribution is 2.19. The first kappa shape index (κ1) is 17.1. The van der Waals surface area contributed by atoms with Crippen LogP contribution in [0.3, 0.4) is 0 Å². The maximum Gasteiger partial charge on any atom is 0.157 e. The van der Waals surface area contributed by atoms with E-state index < -0.39 is 0 Å². The van der Waals surface area contributed by atoms with Crippen molar-refractivity contribution in [2.24, 2.45) is 17.8 Å². The number of hydrogen-bond donors (Lipinski definition) is 0. The Bertz CT molecular complexity index is 287. The predicted molar refractivity (Wildman–Crippen MR) is 76.5 cm³/mol. The molecule has 0 radical (unpaired) electrons. The number of Topliss-reactive ketones (excluding diaryl/α,β-unsaturated/α-hetero) is 1. The van der Waals surface area contributed by atoms with Crippen molar-refractivity contribution in [3.8, 4) is 0 Å². The van der Waals surface area contributed by atoms with Crippen LogP contribution in [0.5, 0.6) is 0 Å². The second-order valence-electron chi connectivity index (χ2n) is 5.67. The van der Waals surface area contributed by atoms with Crippen LogP contribution in [0.4, 0.5) is 0 Å². The van der Waals surface area contributed by atoms with E-state index in [1.807, 2.05) is 33.8 Å². The van der Waals surface area contributed by atoms with E-state index in [1.165, 1.54) is 0 Å². The van der Waals surface area contributed by atoms with Gasteiger partial charge >= 0.3 is 0 Å². The van der Waals surface area contributed by atoms with Crippen molar-refractivity contribution in [3.63, 3.8) is 0 Å². The molecule has 0 N–H and O–H groups in total. The van der Waals surface area contributed by atoms with E-state index in [4.69, 9.17) is 0 Å². The summed E-state index contributed by atoms with van der Waals surface area (Å²) < 4.78 is 0. The molecule has 0 saturated heterocycles. The Kier molecular flexibility index (Phi) is 8.61. The van der Waals surface area contributed by atoms with Gasteiger partial charge in [-0.15, -0.1) is 0 Å². The normalized spacial score (nSPS) is 13.5. The first-order valence-corrected chi connectivity index (χ1v) is 7.11. The van der Waals surface area contributed by atoms with Crippen molar-refractivity contribution in [2.45, 2.75) is 60.3 Å². The van der Waals surface area contributed by atoms with Gasteiger partial charge < -0.3 is 0 Å². The lowest BCUT2D eigenvalue weighted by atomic mass is 9.90. The molecule has 0 aromatic carbocycles. The average molecular weight is 252 g/mol. The molecule has 0 saturated carbocycles. The maximum atomic E-state index is 11.7. The van der Waals surface area contributed by atoms with Crippen LogP contribution in [0.1, 0.15) is 60.3 Å². The van der Waals surface area contributed by atoms with Gasteiger partial charge in [0.25, 0.3) is 0 Å². The first-order chi connectivity index (χ1) is 8.38. The van der Waals surface area contributed by atoms with Gasteiger partial charge in [0, 0.05) is 18.3 Å². The molecule has 0 fully saturated rings. The molecule has 0 amide bonds. The molecule has 1 unspecified atom stereocenters. The SMILES string of the molecule is CCCC(C/C=C/C(=O)C(C)C)CC(=O)C(C)C. The fraction of sp³-hybridized carbons (Fsp3) is 0.750. The third-order valence-corrected chi connectivity index (χ3v) is 3.15. The van der Waals surface area contributed by atoms with Gasteiger partial charge in [-0.1, -0.05) is 47.1 Å². The van der Waals surface area contributed by atoms with Crippen LogP contribution in [0.2, 0.25) is 0 Å². The highest BCUT2D eigenvalue weighted by atomic mass is 16.1. The third kappa shape index (κ3) is 7.41. The van der Waals surface area contributed by atoms with Crippen LogP contribution in [0.25, 0.3) is 0 Å². The van der Waals surface area contributed by atoms with E-state index in [1.54, 1.807) is 6.08 Å². The Morgan fingerprint density at radius 3 is 2.11 bits per heavy atom. The quantitative estimate of drug-likeness (QED) is 0.577. The second-order valence-corrected chi connectivity index (χ2v) is 5.67. The molecule has 0 spiro atoms. The summed E-state index contributed by atoms with van der Waals surface area (Å²) in [6.45, 7) is 9.83. The molecule has 0 aliphatic carbocycles. The Balaban J connectivity index is 4.28. The van der Waals surface area contributed by atoms with Crippen molar-refractivity contribution in [1.29, 1.82) is 0 Å². The lowest BCUT2D eigenvalue weighted by molar-refractivity contribution is -0.122. The van der Waals surface area contributed by atoms with Gasteiger partial charge in [-0.2, -0.15) is 0 Å². The van der Waals surface area contributed by atoms with Gasteiger partial charge in [-0.25, -0.2) is 0 Å². The number of rotatable bonds is 9. The summed E-state index contributed by atoms with van der Waals surface area (Å²) >= 11 is 0. The summed E-state index contributed by atoms with van der Waals surface area (Å²) in [5.74, 6) is 1.06. The standard InChI is InChI=1S/C16H28O2/c1-6-8-14(11-16(18)13(4)5)9-7-10-15(17)12(2)3/h7,10,12-14H,6,8-9,11H2,1-5H3/b10-7+. The minimum absolute atomic E-state index is 0.0585. The highest BCUT2D eigenvalue weighted by Gasteiger charge is 2.14. The minimum atomic E-state index is 0.0585. The van der Waals surface area contributed by atoms with Crippen molar-refractivity contribution in [3.05, 3.63) is 12.2 Å².